The number of carbonyl (C=O) groups excluding carboxylic acids is 1. The van der Waals surface area contributed by atoms with Crippen LogP contribution >= 0.6 is 11.8 Å². The predicted molar refractivity (Wildman–Crippen MR) is 86.3 cm³/mol. The second-order valence-electron chi connectivity index (χ2n) is 4.53. The zero-order valence-corrected chi connectivity index (χ0v) is 14.2. The Morgan fingerprint density at radius 2 is 1.90 bits per heavy atom. The van der Waals surface area contributed by atoms with Crippen molar-refractivity contribution in [3.05, 3.63) is 17.7 Å². The minimum atomic E-state index is 0.0867. The van der Waals surface area contributed by atoms with E-state index in [4.69, 9.17) is 9.47 Å². The number of benzene rings is 1. The SMILES string of the molecule is CCN(C)C(=O)CNCc1cc(OC)c(OC)cc1SC. The summed E-state index contributed by atoms with van der Waals surface area (Å²) in [5.74, 6) is 1.50. The van der Waals surface area contributed by atoms with Gasteiger partial charge in [0, 0.05) is 25.0 Å². The first-order valence-electron chi connectivity index (χ1n) is 6.80. The number of hydrogen-bond acceptors (Lipinski definition) is 5. The summed E-state index contributed by atoms with van der Waals surface area (Å²) in [5.41, 5.74) is 1.09. The topological polar surface area (TPSA) is 50.8 Å². The van der Waals surface area contributed by atoms with Crippen molar-refractivity contribution in [2.24, 2.45) is 0 Å². The smallest absolute Gasteiger partial charge is 0.236 e. The Hall–Kier alpha value is -1.40. The summed E-state index contributed by atoms with van der Waals surface area (Å²) in [5, 5.41) is 3.18. The van der Waals surface area contributed by atoms with E-state index >= 15 is 0 Å². The minimum absolute atomic E-state index is 0.0867. The number of rotatable bonds is 8. The molecule has 0 unspecified atom stereocenters. The molecule has 0 fully saturated rings. The number of ether oxygens (including phenoxy) is 2. The van der Waals surface area contributed by atoms with Gasteiger partial charge in [-0.1, -0.05) is 0 Å². The van der Waals surface area contributed by atoms with Crippen LogP contribution in [-0.2, 0) is 11.3 Å². The number of methoxy groups -OCH3 is 2. The second kappa shape index (κ2) is 8.79. The third-order valence-corrected chi connectivity index (χ3v) is 4.10. The van der Waals surface area contributed by atoms with Gasteiger partial charge in [-0.25, -0.2) is 0 Å². The number of nitrogens with zero attached hydrogens (tertiary/aromatic N) is 1. The molecule has 0 bridgehead atoms. The van der Waals surface area contributed by atoms with Gasteiger partial charge in [0.05, 0.1) is 20.8 Å². The van der Waals surface area contributed by atoms with Crippen LogP contribution in [0.25, 0.3) is 0 Å². The van der Waals surface area contributed by atoms with Crippen LogP contribution in [-0.4, -0.2) is 51.4 Å². The number of hydrogen-bond donors (Lipinski definition) is 1. The van der Waals surface area contributed by atoms with Crippen LogP contribution in [0, 0.1) is 0 Å². The summed E-state index contributed by atoms with van der Waals surface area (Å²) in [7, 11) is 5.04. The molecule has 21 heavy (non-hydrogen) atoms. The van der Waals surface area contributed by atoms with Crippen LogP contribution < -0.4 is 14.8 Å². The zero-order chi connectivity index (χ0) is 15.8. The number of thioether (sulfide) groups is 1. The summed E-state index contributed by atoms with van der Waals surface area (Å²) in [6.45, 7) is 3.61. The molecular weight excluding hydrogens is 288 g/mol. The van der Waals surface area contributed by atoms with Crippen LogP contribution in [0.3, 0.4) is 0 Å². The molecule has 0 saturated heterocycles. The van der Waals surface area contributed by atoms with Gasteiger partial charge in [-0.2, -0.15) is 0 Å². The van der Waals surface area contributed by atoms with Gasteiger partial charge in [0.15, 0.2) is 11.5 Å². The van der Waals surface area contributed by atoms with E-state index in [1.54, 1.807) is 37.9 Å². The van der Waals surface area contributed by atoms with Crippen LogP contribution in [0.15, 0.2) is 17.0 Å². The van der Waals surface area contributed by atoms with Gasteiger partial charge < -0.3 is 19.7 Å². The fourth-order valence-corrected chi connectivity index (χ4v) is 2.46. The molecule has 1 aromatic rings. The summed E-state index contributed by atoms with van der Waals surface area (Å²) in [6, 6.07) is 3.91. The lowest BCUT2D eigenvalue weighted by molar-refractivity contribution is -0.128. The van der Waals surface area contributed by atoms with Gasteiger partial charge in [0.25, 0.3) is 0 Å². The molecule has 0 saturated carbocycles. The lowest BCUT2D eigenvalue weighted by Gasteiger charge is -2.16. The Labute approximate surface area is 131 Å². The van der Waals surface area contributed by atoms with Crippen molar-refractivity contribution in [1.82, 2.24) is 10.2 Å². The highest BCUT2D eigenvalue weighted by molar-refractivity contribution is 7.98. The molecule has 0 aliphatic heterocycles. The molecule has 0 heterocycles. The van der Waals surface area contributed by atoms with E-state index in [0.29, 0.717) is 31.1 Å². The van der Waals surface area contributed by atoms with Crippen molar-refractivity contribution in [3.63, 3.8) is 0 Å². The molecule has 1 rings (SSSR count). The summed E-state index contributed by atoms with van der Waals surface area (Å²) >= 11 is 1.64. The second-order valence-corrected chi connectivity index (χ2v) is 5.38. The van der Waals surface area contributed by atoms with E-state index in [-0.39, 0.29) is 5.91 Å². The molecule has 1 amide bonds. The van der Waals surface area contributed by atoms with E-state index in [0.717, 1.165) is 10.5 Å². The Balaban J connectivity index is 2.76. The van der Waals surface area contributed by atoms with Crippen molar-refractivity contribution in [2.75, 3.05) is 40.6 Å². The minimum Gasteiger partial charge on any atom is -0.493 e. The molecule has 0 aliphatic rings. The summed E-state index contributed by atoms with van der Waals surface area (Å²) < 4.78 is 10.6. The quantitative estimate of drug-likeness (QED) is 0.744. The standard InChI is InChI=1S/C15H24N2O3S/c1-6-17(2)15(18)10-16-9-11-7-12(19-3)13(20-4)8-14(11)21-5/h7-8,16H,6,9-10H2,1-5H3. The van der Waals surface area contributed by atoms with E-state index in [2.05, 4.69) is 5.32 Å². The maximum absolute atomic E-state index is 11.8. The van der Waals surface area contributed by atoms with E-state index < -0.39 is 0 Å². The van der Waals surface area contributed by atoms with Crippen LogP contribution in [0.4, 0.5) is 0 Å². The van der Waals surface area contributed by atoms with Crippen molar-refractivity contribution < 1.29 is 14.3 Å². The van der Waals surface area contributed by atoms with Gasteiger partial charge in [-0.3, -0.25) is 4.79 Å². The fourth-order valence-electron chi connectivity index (χ4n) is 1.85. The maximum Gasteiger partial charge on any atom is 0.236 e. The fraction of sp³-hybridized carbons (Fsp3) is 0.533. The average Bonchev–Trinajstić information content (AvgIpc) is 2.53. The largest absolute Gasteiger partial charge is 0.493 e. The number of carbonyl (C=O) groups is 1. The van der Waals surface area contributed by atoms with Crippen molar-refractivity contribution in [2.45, 2.75) is 18.4 Å². The van der Waals surface area contributed by atoms with Crippen molar-refractivity contribution >= 4 is 17.7 Å². The number of amides is 1. The Morgan fingerprint density at radius 3 is 2.43 bits per heavy atom. The van der Waals surface area contributed by atoms with Gasteiger partial charge >= 0.3 is 0 Å². The highest BCUT2D eigenvalue weighted by Gasteiger charge is 2.11. The molecule has 1 aromatic carbocycles. The molecule has 0 atom stereocenters. The van der Waals surface area contributed by atoms with Gasteiger partial charge in [0.1, 0.15) is 0 Å². The van der Waals surface area contributed by atoms with E-state index in [1.807, 2.05) is 25.3 Å². The molecule has 6 heteroatoms. The lowest BCUT2D eigenvalue weighted by atomic mass is 10.2. The summed E-state index contributed by atoms with van der Waals surface area (Å²) in [4.78, 5) is 14.6. The van der Waals surface area contributed by atoms with Crippen molar-refractivity contribution in [1.29, 1.82) is 0 Å². The monoisotopic (exact) mass is 312 g/mol. The zero-order valence-electron chi connectivity index (χ0n) is 13.4. The maximum atomic E-state index is 11.8. The number of nitrogens with one attached hydrogen (secondary N) is 1. The number of likely N-dealkylation sites (N-methyl/N-ethyl adjacent to an activating group) is 1. The highest BCUT2D eigenvalue weighted by Crippen LogP contribution is 2.34. The van der Waals surface area contributed by atoms with E-state index in [9.17, 15) is 4.79 Å². The normalized spacial score (nSPS) is 10.3. The molecule has 118 valence electrons. The van der Waals surface area contributed by atoms with Crippen molar-refractivity contribution in [3.8, 4) is 11.5 Å². The first-order chi connectivity index (χ1) is 10.1. The van der Waals surface area contributed by atoms with Gasteiger partial charge in [0.2, 0.25) is 5.91 Å². The van der Waals surface area contributed by atoms with Crippen LogP contribution in [0.2, 0.25) is 0 Å². The third kappa shape index (κ3) is 4.82. The molecule has 0 aromatic heterocycles. The summed E-state index contributed by atoms with van der Waals surface area (Å²) in [6.07, 6.45) is 2.01. The lowest BCUT2D eigenvalue weighted by Crippen LogP contribution is -2.35. The molecular formula is C15H24N2O3S. The van der Waals surface area contributed by atoms with Crippen LogP contribution in [0.5, 0.6) is 11.5 Å². The predicted octanol–water partition coefficient (Wildman–Crippen LogP) is 1.99. The average molecular weight is 312 g/mol. The van der Waals surface area contributed by atoms with E-state index in [1.165, 1.54) is 0 Å². The van der Waals surface area contributed by atoms with Crippen LogP contribution in [0.1, 0.15) is 12.5 Å². The first kappa shape index (κ1) is 17.7. The van der Waals surface area contributed by atoms with Gasteiger partial charge in [-0.05, 0) is 30.9 Å². The Bertz CT molecular complexity index is 480. The Kier molecular flexibility index (Phi) is 7.39. The molecule has 0 aliphatic carbocycles. The highest BCUT2D eigenvalue weighted by atomic mass is 32.2. The Morgan fingerprint density at radius 1 is 1.29 bits per heavy atom. The molecule has 1 N–H and O–H groups in total. The third-order valence-electron chi connectivity index (χ3n) is 3.28. The molecule has 5 nitrogen and oxygen atoms in total. The molecule has 0 radical (unpaired) electrons. The van der Waals surface area contributed by atoms with Gasteiger partial charge in [-0.15, -0.1) is 11.8 Å². The molecule has 0 spiro atoms. The first-order valence-corrected chi connectivity index (χ1v) is 8.03.